The van der Waals surface area contributed by atoms with Crippen LogP contribution in [0.1, 0.15) is 31.7 Å². The van der Waals surface area contributed by atoms with Gasteiger partial charge in [0.1, 0.15) is 0 Å². The van der Waals surface area contributed by atoms with E-state index in [4.69, 9.17) is 0 Å². The Hall–Kier alpha value is 0.0200. The Labute approximate surface area is 115 Å². The van der Waals surface area contributed by atoms with Crippen molar-refractivity contribution >= 4 is 37.3 Å². The van der Waals surface area contributed by atoms with Crippen molar-refractivity contribution in [2.75, 3.05) is 5.33 Å². The summed E-state index contributed by atoms with van der Waals surface area (Å²) in [6, 6.07) is 0. The molecule has 1 heterocycles. The first-order valence-electron chi connectivity index (χ1n) is 5.41. The summed E-state index contributed by atoms with van der Waals surface area (Å²) in [5.41, 5.74) is -0.420. The summed E-state index contributed by atoms with van der Waals surface area (Å²) in [4.78, 5) is 3.98. The van der Waals surface area contributed by atoms with Crippen LogP contribution >= 0.6 is 27.3 Å². The van der Waals surface area contributed by atoms with Crippen molar-refractivity contribution in [1.29, 1.82) is 0 Å². The summed E-state index contributed by atoms with van der Waals surface area (Å²) in [7, 11) is -3.46. The number of alkyl halides is 1. The molecule has 1 rings (SSSR count). The van der Waals surface area contributed by atoms with Crippen LogP contribution < -0.4 is 4.72 Å². The number of aromatic nitrogens is 1. The van der Waals surface area contributed by atoms with Crippen LogP contribution in [-0.2, 0) is 10.0 Å². The number of nitrogens with one attached hydrogen (secondary N) is 1. The number of hydrogen-bond acceptors (Lipinski definition) is 4. The van der Waals surface area contributed by atoms with Gasteiger partial charge in [0.05, 0.1) is 11.2 Å². The molecule has 0 radical (unpaired) electrons. The van der Waals surface area contributed by atoms with Gasteiger partial charge in [-0.15, -0.1) is 11.3 Å². The van der Waals surface area contributed by atoms with Crippen LogP contribution in [0.2, 0.25) is 0 Å². The molecule has 0 saturated carbocycles. The largest absolute Gasteiger partial charge is 0.252 e. The number of thiazole rings is 1. The Morgan fingerprint density at radius 2 is 2.06 bits per heavy atom. The third kappa shape index (κ3) is 3.49. The average molecular weight is 341 g/mol. The molecule has 4 nitrogen and oxygen atoms in total. The number of rotatable bonds is 6. The van der Waals surface area contributed by atoms with Gasteiger partial charge in [0.25, 0.3) is 10.0 Å². The van der Waals surface area contributed by atoms with Crippen LogP contribution in [0.25, 0.3) is 0 Å². The van der Waals surface area contributed by atoms with Crippen LogP contribution in [-0.4, -0.2) is 24.3 Å². The zero-order valence-electron chi connectivity index (χ0n) is 10.2. The van der Waals surface area contributed by atoms with E-state index in [2.05, 4.69) is 25.6 Å². The van der Waals surface area contributed by atoms with Gasteiger partial charge in [-0.3, -0.25) is 0 Å². The number of sulfonamides is 1. The van der Waals surface area contributed by atoms with Gasteiger partial charge >= 0.3 is 0 Å². The Balaban J connectivity index is 3.00. The third-order valence-electron chi connectivity index (χ3n) is 2.83. The minimum absolute atomic E-state index is 0.280. The predicted molar refractivity (Wildman–Crippen MR) is 74.3 cm³/mol. The fourth-order valence-corrected chi connectivity index (χ4v) is 5.18. The molecule has 0 bridgehead atoms. The lowest BCUT2D eigenvalue weighted by Gasteiger charge is -2.29. The van der Waals surface area contributed by atoms with Crippen LogP contribution in [0.3, 0.4) is 0 Å². The van der Waals surface area contributed by atoms with E-state index < -0.39 is 15.6 Å². The van der Waals surface area contributed by atoms with Crippen molar-refractivity contribution in [2.45, 2.75) is 43.4 Å². The van der Waals surface area contributed by atoms with Gasteiger partial charge in [0.2, 0.25) is 0 Å². The Kier molecular flexibility index (Phi) is 5.12. The standard InChI is InChI=1S/C10H17BrN2O2S2/c1-4-10(5-2,7-11)13-17(14,15)9-6-12-8(3)16-9/h6,13H,4-5,7H2,1-3H3. The molecule has 1 aromatic rings. The molecule has 0 aliphatic rings. The quantitative estimate of drug-likeness (QED) is 0.810. The second-order valence-corrected chi connectivity index (χ2v) is 7.63. The molecule has 1 N–H and O–H groups in total. The minimum Gasteiger partial charge on any atom is -0.249 e. The molecule has 0 aliphatic carbocycles. The molecule has 98 valence electrons. The molecule has 0 atom stereocenters. The van der Waals surface area contributed by atoms with E-state index in [0.29, 0.717) is 5.33 Å². The molecular formula is C10H17BrN2O2S2. The highest BCUT2D eigenvalue weighted by atomic mass is 79.9. The highest BCUT2D eigenvalue weighted by molar-refractivity contribution is 9.09. The average Bonchev–Trinajstić information content (AvgIpc) is 2.74. The molecule has 0 saturated heterocycles. The number of nitrogens with zero attached hydrogens (tertiary/aromatic N) is 1. The smallest absolute Gasteiger partial charge is 0.249 e. The lowest BCUT2D eigenvalue weighted by atomic mass is 9.97. The van der Waals surface area contributed by atoms with Crippen molar-refractivity contribution in [1.82, 2.24) is 9.71 Å². The second kappa shape index (κ2) is 5.77. The summed E-state index contributed by atoms with van der Waals surface area (Å²) < 4.78 is 27.4. The highest BCUT2D eigenvalue weighted by Crippen LogP contribution is 2.24. The molecule has 1 aromatic heterocycles. The van der Waals surface area contributed by atoms with Crippen molar-refractivity contribution < 1.29 is 8.42 Å². The molecule has 0 fully saturated rings. The van der Waals surface area contributed by atoms with Crippen LogP contribution in [0.15, 0.2) is 10.4 Å². The fraction of sp³-hybridized carbons (Fsp3) is 0.700. The van der Waals surface area contributed by atoms with Crippen molar-refractivity contribution in [3.05, 3.63) is 11.2 Å². The molecule has 0 aliphatic heterocycles. The van der Waals surface area contributed by atoms with Crippen molar-refractivity contribution in [3.8, 4) is 0 Å². The van der Waals surface area contributed by atoms with Crippen LogP contribution in [0.4, 0.5) is 0 Å². The van der Waals surface area contributed by atoms with E-state index in [1.54, 1.807) is 6.92 Å². The van der Waals surface area contributed by atoms with Gasteiger partial charge in [-0.25, -0.2) is 18.1 Å². The maximum absolute atomic E-state index is 12.2. The van der Waals surface area contributed by atoms with Crippen molar-refractivity contribution in [2.24, 2.45) is 0 Å². The van der Waals surface area contributed by atoms with E-state index in [9.17, 15) is 8.42 Å². The van der Waals surface area contributed by atoms with Gasteiger partial charge in [0, 0.05) is 10.9 Å². The van der Waals surface area contributed by atoms with Crippen LogP contribution in [0, 0.1) is 6.92 Å². The summed E-state index contributed by atoms with van der Waals surface area (Å²) in [6.07, 6.45) is 2.89. The first kappa shape index (κ1) is 15.1. The Bertz CT molecular complexity index is 458. The Morgan fingerprint density at radius 1 is 1.47 bits per heavy atom. The molecule has 0 amide bonds. The van der Waals surface area contributed by atoms with Gasteiger partial charge in [-0.05, 0) is 19.8 Å². The lowest BCUT2D eigenvalue weighted by Crippen LogP contribution is -2.48. The molecule has 0 aromatic carbocycles. The second-order valence-electron chi connectivity index (χ2n) is 3.92. The molecule has 7 heteroatoms. The maximum atomic E-state index is 12.2. The molecular weight excluding hydrogens is 324 g/mol. The summed E-state index contributed by atoms with van der Waals surface area (Å²) in [5.74, 6) is 0. The summed E-state index contributed by atoms with van der Waals surface area (Å²) in [6.45, 7) is 5.75. The molecule has 17 heavy (non-hydrogen) atoms. The van der Waals surface area contributed by atoms with Gasteiger partial charge in [0.15, 0.2) is 4.21 Å². The minimum atomic E-state index is -3.46. The zero-order valence-corrected chi connectivity index (χ0v) is 13.4. The lowest BCUT2D eigenvalue weighted by molar-refractivity contribution is 0.399. The first-order valence-corrected chi connectivity index (χ1v) is 8.83. The van der Waals surface area contributed by atoms with Crippen molar-refractivity contribution in [3.63, 3.8) is 0 Å². The monoisotopic (exact) mass is 340 g/mol. The highest BCUT2D eigenvalue weighted by Gasteiger charge is 2.31. The predicted octanol–water partition coefficient (Wildman–Crippen LogP) is 2.68. The van der Waals surface area contributed by atoms with Crippen LogP contribution in [0.5, 0.6) is 0 Å². The van der Waals surface area contributed by atoms with E-state index in [0.717, 1.165) is 17.8 Å². The fourth-order valence-electron chi connectivity index (χ4n) is 1.41. The van der Waals surface area contributed by atoms with Gasteiger partial charge in [-0.2, -0.15) is 0 Å². The van der Waals surface area contributed by atoms with E-state index in [-0.39, 0.29) is 4.21 Å². The number of hydrogen-bond donors (Lipinski definition) is 1. The number of aryl methyl sites for hydroxylation is 1. The maximum Gasteiger partial charge on any atom is 0.252 e. The SMILES string of the molecule is CCC(CC)(CBr)NS(=O)(=O)c1cnc(C)s1. The van der Waals surface area contributed by atoms with E-state index >= 15 is 0 Å². The normalized spacial score (nSPS) is 12.9. The van der Waals surface area contributed by atoms with E-state index in [1.807, 2.05) is 13.8 Å². The third-order valence-corrected chi connectivity index (χ3v) is 6.85. The molecule has 0 spiro atoms. The topological polar surface area (TPSA) is 59.1 Å². The van der Waals surface area contributed by atoms with Gasteiger partial charge < -0.3 is 0 Å². The van der Waals surface area contributed by atoms with Gasteiger partial charge in [-0.1, -0.05) is 29.8 Å². The zero-order chi connectivity index (χ0) is 13.1. The summed E-state index contributed by atoms with van der Waals surface area (Å²) >= 11 is 4.57. The van der Waals surface area contributed by atoms with E-state index in [1.165, 1.54) is 17.5 Å². The Morgan fingerprint density at radius 3 is 2.41 bits per heavy atom. The molecule has 0 unspecified atom stereocenters. The number of halogens is 1. The summed E-state index contributed by atoms with van der Waals surface area (Å²) in [5, 5.41) is 1.35. The first-order chi connectivity index (χ1) is 7.89.